The Balaban J connectivity index is 2.64. The number of ketones is 1. The third-order valence-corrected chi connectivity index (χ3v) is 2.44. The van der Waals surface area contributed by atoms with Crippen LogP contribution in [-0.4, -0.2) is 29.2 Å². The number of carbonyl (C=O) groups is 2. The molecule has 14 heavy (non-hydrogen) atoms. The van der Waals surface area contributed by atoms with Crippen LogP contribution in [0.15, 0.2) is 0 Å². The average molecular weight is 194 g/mol. The first-order chi connectivity index (χ1) is 6.70. The summed E-state index contributed by atoms with van der Waals surface area (Å²) >= 11 is 0. The van der Waals surface area contributed by atoms with Crippen molar-refractivity contribution in [3.8, 4) is 6.07 Å². The summed E-state index contributed by atoms with van der Waals surface area (Å²) in [5.41, 5.74) is 0. The quantitative estimate of drug-likeness (QED) is 0.624. The highest BCUT2D eigenvalue weighted by molar-refractivity contribution is 5.92. The summed E-state index contributed by atoms with van der Waals surface area (Å²) in [7, 11) is 0. The highest BCUT2D eigenvalue weighted by Crippen LogP contribution is 2.20. The second-order valence-electron chi connectivity index (χ2n) is 3.45. The Morgan fingerprint density at radius 2 is 2.43 bits per heavy atom. The Labute approximate surface area is 83.5 Å². The van der Waals surface area contributed by atoms with Gasteiger partial charge in [-0.05, 0) is 12.8 Å². The maximum absolute atomic E-state index is 11.6. The molecule has 0 radical (unpaired) electrons. The molecule has 1 rings (SSSR count). The van der Waals surface area contributed by atoms with Crippen molar-refractivity contribution in [3.05, 3.63) is 0 Å². The van der Waals surface area contributed by atoms with Crippen LogP contribution in [0.2, 0.25) is 0 Å². The molecule has 1 aliphatic heterocycles. The molecule has 1 aliphatic rings. The second-order valence-corrected chi connectivity index (χ2v) is 3.45. The van der Waals surface area contributed by atoms with Crippen molar-refractivity contribution in [1.82, 2.24) is 4.90 Å². The largest absolute Gasteiger partial charge is 0.319 e. The number of nitrogens with zero attached hydrogens (tertiary/aromatic N) is 2. The SMILES string of the molecule is CCCC(=O)[C@@H]1CCC(=O)N1CC#N. The topological polar surface area (TPSA) is 61.2 Å². The number of carbonyl (C=O) groups excluding carboxylic acids is 2. The van der Waals surface area contributed by atoms with Crippen LogP contribution in [0.25, 0.3) is 0 Å². The van der Waals surface area contributed by atoms with Gasteiger partial charge in [-0.15, -0.1) is 0 Å². The molecule has 0 bridgehead atoms. The standard InChI is InChI=1S/C10H14N2O2/c1-2-3-9(13)8-4-5-10(14)12(8)7-6-11/h8H,2-5,7H2,1H3/t8-/m0/s1. The number of Topliss-reactive ketones (excluding diaryl/α,β-unsaturated/α-hetero) is 1. The van der Waals surface area contributed by atoms with Gasteiger partial charge < -0.3 is 4.90 Å². The lowest BCUT2D eigenvalue weighted by atomic mass is 10.1. The van der Waals surface area contributed by atoms with E-state index in [1.165, 1.54) is 4.90 Å². The summed E-state index contributed by atoms with van der Waals surface area (Å²) < 4.78 is 0. The van der Waals surface area contributed by atoms with Crippen molar-refractivity contribution in [1.29, 1.82) is 5.26 Å². The van der Waals surface area contributed by atoms with E-state index in [-0.39, 0.29) is 24.3 Å². The van der Waals surface area contributed by atoms with Crippen molar-refractivity contribution in [2.24, 2.45) is 0 Å². The molecule has 1 heterocycles. The number of amides is 1. The lowest BCUT2D eigenvalue weighted by Gasteiger charge is -2.20. The summed E-state index contributed by atoms with van der Waals surface area (Å²) in [5, 5.41) is 8.52. The van der Waals surface area contributed by atoms with E-state index in [1.54, 1.807) is 0 Å². The van der Waals surface area contributed by atoms with Gasteiger partial charge in [0.05, 0.1) is 12.1 Å². The number of rotatable bonds is 4. The molecule has 0 saturated carbocycles. The Morgan fingerprint density at radius 1 is 1.71 bits per heavy atom. The third-order valence-electron chi connectivity index (χ3n) is 2.44. The number of hydrogen-bond donors (Lipinski definition) is 0. The molecule has 0 N–H and O–H groups in total. The Bertz CT molecular complexity index is 280. The van der Waals surface area contributed by atoms with Crippen molar-refractivity contribution >= 4 is 11.7 Å². The van der Waals surface area contributed by atoms with E-state index in [4.69, 9.17) is 5.26 Å². The van der Waals surface area contributed by atoms with Crippen molar-refractivity contribution < 1.29 is 9.59 Å². The predicted octanol–water partition coefficient (Wildman–Crippen LogP) is 0.870. The van der Waals surface area contributed by atoms with E-state index in [1.807, 2.05) is 13.0 Å². The molecule has 4 heteroatoms. The highest BCUT2D eigenvalue weighted by Gasteiger charge is 2.34. The fourth-order valence-electron chi connectivity index (χ4n) is 1.76. The predicted molar refractivity (Wildman–Crippen MR) is 50.3 cm³/mol. The molecular formula is C10H14N2O2. The summed E-state index contributed by atoms with van der Waals surface area (Å²) in [5.74, 6) is 0.0228. The van der Waals surface area contributed by atoms with Crippen LogP contribution < -0.4 is 0 Å². The summed E-state index contributed by atoms with van der Waals surface area (Å²) in [6.07, 6.45) is 2.28. The summed E-state index contributed by atoms with van der Waals surface area (Å²) in [4.78, 5) is 24.3. The first kappa shape index (κ1) is 10.7. The van der Waals surface area contributed by atoms with Crippen LogP contribution in [0.1, 0.15) is 32.6 Å². The summed E-state index contributed by atoms with van der Waals surface area (Å²) in [6, 6.07) is 1.59. The smallest absolute Gasteiger partial charge is 0.224 e. The molecule has 0 aromatic rings. The van der Waals surface area contributed by atoms with Gasteiger partial charge in [-0.3, -0.25) is 9.59 Å². The number of nitriles is 1. The van der Waals surface area contributed by atoms with Crippen LogP contribution in [0.4, 0.5) is 0 Å². The van der Waals surface area contributed by atoms with Gasteiger partial charge >= 0.3 is 0 Å². The lowest BCUT2D eigenvalue weighted by molar-refractivity contribution is -0.133. The van der Waals surface area contributed by atoms with Gasteiger partial charge in [0, 0.05) is 12.8 Å². The van der Waals surface area contributed by atoms with Gasteiger partial charge in [-0.1, -0.05) is 6.92 Å². The van der Waals surface area contributed by atoms with Gasteiger partial charge in [0.2, 0.25) is 5.91 Å². The maximum Gasteiger partial charge on any atom is 0.224 e. The average Bonchev–Trinajstić information content (AvgIpc) is 2.50. The van der Waals surface area contributed by atoms with Crippen molar-refractivity contribution in [2.75, 3.05) is 6.54 Å². The molecule has 0 aromatic carbocycles. The Kier molecular flexibility index (Phi) is 3.63. The van der Waals surface area contributed by atoms with Crippen molar-refractivity contribution in [3.63, 3.8) is 0 Å². The molecule has 1 atom stereocenters. The van der Waals surface area contributed by atoms with Gasteiger partial charge in [-0.25, -0.2) is 0 Å². The minimum absolute atomic E-state index is 0.0406. The summed E-state index contributed by atoms with van der Waals surface area (Å²) in [6.45, 7) is 1.97. The first-order valence-corrected chi connectivity index (χ1v) is 4.89. The van der Waals surface area contributed by atoms with Crippen molar-refractivity contribution in [2.45, 2.75) is 38.6 Å². The number of hydrogen-bond acceptors (Lipinski definition) is 3. The molecule has 0 aromatic heterocycles. The lowest BCUT2D eigenvalue weighted by Crippen LogP contribution is -2.38. The molecule has 1 fully saturated rings. The molecule has 0 spiro atoms. The van der Waals surface area contributed by atoms with E-state index in [9.17, 15) is 9.59 Å². The molecule has 1 amide bonds. The maximum atomic E-state index is 11.6. The third kappa shape index (κ3) is 2.11. The Morgan fingerprint density at radius 3 is 3.00 bits per heavy atom. The molecule has 0 unspecified atom stereocenters. The fraction of sp³-hybridized carbons (Fsp3) is 0.700. The highest BCUT2D eigenvalue weighted by atomic mass is 16.2. The minimum Gasteiger partial charge on any atom is -0.319 e. The van der Waals surface area contributed by atoms with Gasteiger partial charge in [-0.2, -0.15) is 5.26 Å². The van der Waals surface area contributed by atoms with E-state index in [2.05, 4.69) is 0 Å². The van der Waals surface area contributed by atoms with Crippen LogP contribution >= 0.6 is 0 Å². The molecular weight excluding hydrogens is 180 g/mol. The molecule has 0 aliphatic carbocycles. The molecule has 4 nitrogen and oxygen atoms in total. The van der Waals surface area contributed by atoms with Crippen LogP contribution in [0.5, 0.6) is 0 Å². The van der Waals surface area contributed by atoms with Crippen LogP contribution in [0.3, 0.4) is 0 Å². The normalized spacial score (nSPS) is 21.0. The van der Waals surface area contributed by atoms with Gasteiger partial charge in [0.25, 0.3) is 0 Å². The monoisotopic (exact) mass is 194 g/mol. The van der Waals surface area contributed by atoms with Crippen LogP contribution in [0, 0.1) is 11.3 Å². The fourth-order valence-corrected chi connectivity index (χ4v) is 1.76. The van der Waals surface area contributed by atoms with E-state index >= 15 is 0 Å². The zero-order valence-corrected chi connectivity index (χ0v) is 8.32. The van der Waals surface area contributed by atoms with Gasteiger partial charge in [0.15, 0.2) is 5.78 Å². The van der Waals surface area contributed by atoms with Crippen LogP contribution in [-0.2, 0) is 9.59 Å². The Hall–Kier alpha value is -1.37. The first-order valence-electron chi connectivity index (χ1n) is 4.89. The number of likely N-dealkylation sites (tertiary alicyclic amines) is 1. The molecule has 1 saturated heterocycles. The van der Waals surface area contributed by atoms with E-state index in [0.717, 1.165) is 6.42 Å². The minimum atomic E-state index is -0.331. The van der Waals surface area contributed by atoms with E-state index in [0.29, 0.717) is 19.3 Å². The zero-order chi connectivity index (χ0) is 10.6. The van der Waals surface area contributed by atoms with E-state index < -0.39 is 0 Å². The van der Waals surface area contributed by atoms with Gasteiger partial charge in [0.1, 0.15) is 6.54 Å². The second kappa shape index (κ2) is 4.75. The molecule has 76 valence electrons. The zero-order valence-electron chi connectivity index (χ0n) is 8.32.